The highest BCUT2D eigenvalue weighted by molar-refractivity contribution is 5.77. The first-order valence-electron chi connectivity index (χ1n) is 7.80. The van der Waals surface area contributed by atoms with Crippen LogP contribution in [-0.4, -0.2) is 40.0 Å². The summed E-state index contributed by atoms with van der Waals surface area (Å²) in [5, 5.41) is 22.8. The number of nitrogens with zero attached hydrogens (tertiary/aromatic N) is 2. The smallest absolute Gasteiger partial charge is 0.317 e. The number of piperidine rings is 1. The molecule has 3 atom stereocenters. The monoisotopic (exact) mass is 335 g/mol. The van der Waals surface area contributed by atoms with E-state index in [2.05, 4.69) is 5.32 Å². The highest BCUT2D eigenvalue weighted by Gasteiger charge is 2.32. The fourth-order valence-electron chi connectivity index (χ4n) is 2.96. The van der Waals surface area contributed by atoms with Gasteiger partial charge in [0.05, 0.1) is 16.9 Å². The second-order valence-electron chi connectivity index (χ2n) is 6.30. The number of non-ortho nitro benzene ring substituents is 1. The highest BCUT2D eigenvalue weighted by atomic mass is 16.6. The molecule has 2 rings (SSSR count). The summed E-state index contributed by atoms with van der Waals surface area (Å²) in [4.78, 5) is 35.4. The predicted molar refractivity (Wildman–Crippen MR) is 86.5 cm³/mol. The van der Waals surface area contributed by atoms with E-state index in [4.69, 9.17) is 0 Å². The fourth-order valence-corrected chi connectivity index (χ4v) is 2.96. The Balaban J connectivity index is 2.04. The third-order valence-electron chi connectivity index (χ3n) is 4.22. The number of benzene rings is 1. The first-order valence-corrected chi connectivity index (χ1v) is 7.80. The molecule has 1 aliphatic rings. The van der Waals surface area contributed by atoms with Crippen molar-refractivity contribution >= 4 is 17.7 Å². The van der Waals surface area contributed by atoms with Gasteiger partial charge in [-0.25, -0.2) is 4.79 Å². The molecule has 0 saturated carbocycles. The standard InChI is InChI=1S/C16H21N3O5/c1-10-6-13(15(20)21)9-18(8-10)16(22)17-11(2)12-4-3-5-14(7-12)19(23)24/h3-5,7,10-11,13H,6,8-9H2,1-2H3,(H,17,22)(H,20,21). The van der Waals surface area contributed by atoms with Gasteiger partial charge in [0.15, 0.2) is 0 Å². The quantitative estimate of drug-likeness (QED) is 0.648. The highest BCUT2D eigenvalue weighted by Crippen LogP contribution is 2.23. The molecule has 0 spiro atoms. The van der Waals surface area contributed by atoms with Crippen LogP contribution in [0, 0.1) is 22.0 Å². The maximum Gasteiger partial charge on any atom is 0.317 e. The minimum atomic E-state index is -0.897. The van der Waals surface area contributed by atoms with E-state index in [0.29, 0.717) is 18.5 Å². The third kappa shape index (κ3) is 4.21. The zero-order valence-corrected chi connectivity index (χ0v) is 13.6. The molecular formula is C16H21N3O5. The van der Waals surface area contributed by atoms with E-state index in [9.17, 15) is 24.8 Å². The summed E-state index contributed by atoms with van der Waals surface area (Å²) in [6.45, 7) is 4.32. The number of carboxylic acid groups (broad SMARTS) is 1. The van der Waals surface area contributed by atoms with Crippen molar-refractivity contribution in [2.45, 2.75) is 26.3 Å². The molecule has 24 heavy (non-hydrogen) atoms. The Bertz CT molecular complexity index is 648. The van der Waals surface area contributed by atoms with Crippen LogP contribution in [0.2, 0.25) is 0 Å². The van der Waals surface area contributed by atoms with Gasteiger partial charge >= 0.3 is 12.0 Å². The first kappa shape index (κ1) is 17.7. The lowest BCUT2D eigenvalue weighted by Gasteiger charge is -2.35. The Labute approximate surface area is 139 Å². The molecule has 130 valence electrons. The van der Waals surface area contributed by atoms with Crippen LogP contribution >= 0.6 is 0 Å². The third-order valence-corrected chi connectivity index (χ3v) is 4.22. The topological polar surface area (TPSA) is 113 Å². The molecule has 0 aromatic heterocycles. The van der Waals surface area contributed by atoms with Crippen LogP contribution < -0.4 is 5.32 Å². The van der Waals surface area contributed by atoms with E-state index >= 15 is 0 Å². The van der Waals surface area contributed by atoms with Crippen LogP contribution in [0.25, 0.3) is 0 Å². The van der Waals surface area contributed by atoms with Crippen molar-refractivity contribution in [3.8, 4) is 0 Å². The van der Waals surface area contributed by atoms with Gasteiger partial charge in [0.25, 0.3) is 5.69 Å². The van der Waals surface area contributed by atoms with Crippen LogP contribution in [0.5, 0.6) is 0 Å². The average molecular weight is 335 g/mol. The van der Waals surface area contributed by atoms with Gasteiger partial charge in [0, 0.05) is 25.2 Å². The predicted octanol–water partition coefficient (Wildman–Crippen LogP) is 2.41. The lowest BCUT2D eigenvalue weighted by atomic mass is 9.91. The molecule has 1 heterocycles. The van der Waals surface area contributed by atoms with E-state index in [0.717, 1.165) is 0 Å². The molecule has 0 aliphatic carbocycles. The van der Waals surface area contributed by atoms with Gasteiger partial charge in [0.1, 0.15) is 0 Å². The Hall–Kier alpha value is -2.64. The van der Waals surface area contributed by atoms with Crippen LogP contribution in [0.4, 0.5) is 10.5 Å². The number of hydrogen-bond acceptors (Lipinski definition) is 4. The molecule has 1 aromatic rings. The molecule has 1 saturated heterocycles. The van der Waals surface area contributed by atoms with Gasteiger partial charge in [-0.2, -0.15) is 0 Å². The minimum absolute atomic E-state index is 0.0360. The molecule has 2 amide bonds. The van der Waals surface area contributed by atoms with Crippen molar-refractivity contribution in [1.82, 2.24) is 10.2 Å². The van der Waals surface area contributed by atoms with Crippen LogP contribution in [0.3, 0.4) is 0 Å². The van der Waals surface area contributed by atoms with Crippen molar-refractivity contribution in [2.24, 2.45) is 11.8 Å². The number of amides is 2. The number of nitro groups is 1. The number of carbonyl (C=O) groups is 2. The summed E-state index contributed by atoms with van der Waals surface area (Å²) in [5.41, 5.74) is 0.587. The van der Waals surface area contributed by atoms with Crippen molar-refractivity contribution in [1.29, 1.82) is 0 Å². The van der Waals surface area contributed by atoms with E-state index in [-0.39, 0.29) is 24.2 Å². The Morgan fingerprint density at radius 2 is 2.12 bits per heavy atom. The number of likely N-dealkylation sites (tertiary alicyclic amines) is 1. The number of nitrogens with one attached hydrogen (secondary N) is 1. The number of hydrogen-bond donors (Lipinski definition) is 2. The summed E-state index contributed by atoms with van der Waals surface area (Å²) < 4.78 is 0. The molecule has 3 unspecified atom stereocenters. The first-order chi connectivity index (χ1) is 11.3. The van der Waals surface area contributed by atoms with Gasteiger partial charge in [-0.15, -0.1) is 0 Å². The zero-order valence-electron chi connectivity index (χ0n) is 13.6. The Morgan fingerprint density at radius 3 is 2.75 bits per heavy atom. The summed E-state index contributed by atoms with van der Waals surface area (Å²) in [6, 6.07) is 5.31. The number of aliphatic carboxylic acids is 1. The molecule has 8 heteroatoms. The normalized spacial score (nSPS) is 21.8. The Kier molecular flexibility index (Phi) is 5.38. The molecule has 1 fully saturated rings. The summed E-state index contributed by atoms with van der Waals surface area (Å²) >= 11 is 0. The summed E-state index contributed by atoms with van der Waals surface area (Å²) in [6.07, 6.45) is 0.555. The lowest BCUT2D eigenvalue weighted by Crippen LogP contribution is -2.49. The lowest BCUT2D eigenvalue weighted by molar-refractivity contribution is -0.384. The van der Waals surface area contributed by atoms with Gasteiger partial charge in [-0.05, 0) is 24.8 Å². The van der Waals surface area contributed by atoms with E-state index in [1.807, 2.05) is 6.92 Å². The molecule has 1 aromatic carbocycles. The number of carbonyl (C=O) groups excluding carboxylic acids is 1. The van der Waals surface area contributed by atoms with Crippen molar-refractivity contribution in [3.05, 3.63) is 39.9 Å². The molecule has 8 nitrogen and oxygen atoms in total. The van der Waals surface area contributed by atoms with Crippen molar-refractivity contribution < 1.29 is 19.6 Å². The fraction of sp³-hybridized carbons (Fsp3) is 0.500. The van der Waals surface area contributed by atoms with E-state index in [1.54, 1.807) is 19.1 Å². The molecule has 0 radical (unpaired) electrons. The van der Waals surface area contributed by atoms with Crippen molar-refractivity contribution in [2.75, 3.05) is 13.1 Å². The maximum absolute atomic E-state index is 12.4. The minimum Gasteiger partial charge on any atom is -0.481 e. The Morgan fingerprint density at radius 1 is 1.42 bits per heavy atom. The molecule has 2 N–H and O–H groups in total. The van der Waals surface area contributed by atoms with Crippen LogP contribution in [0.15, 0.2) is 24.3 Å². The molecule has 0 bridgehead atoms. The second-order valence-corrected chi connectivity index (χ2v) is 6.30. The van der Waals surface area contributed by atoms with Gasteiger partial charge in [0.2, 0.25) is 0 Å². The number of rotatable bonds is 4. The van der Waals surface area contributed by atoms with Crippen LogP contribution in [-0.2, 0) is 4.79 Å². The van der Waals surface area contributed by atoms with Gasteiger partial charge < -0.3 is 15.3 Å². The van der Waals surface area contributed by atoms with Gasteiger partial charge in [-0.3, -0.25) is 14.9 Å². The second kappa shape index (κ2) is 7.29. The zero-order chi connectivity index (χ0) is 17.9. The van der Waals surface area contributed by atoms with E-state index < -0.39 is 22.9 Å². The summed E-state index contributed by atoms with van der Waals surface area (Å²) in [7, 11) is 0. The molecule has 1 aliphatic heterocycles. The summed E-state index contributed by atoms with van der Waals surface area (Å²) in [5.74, 6) is -1.35. The van der Waals surface area contributed by atoms with E-state index in [1.165, 1.54) is 17.0 Å². The molecular weight excluding hydrogens is 314 g/mol. The van der Waals surface area contributed by atoms with Crippen molar-refractivity contribution in [3.63, 3.8) is 0 Å². The van der Waals surface area contributed by atoms with Crippen LogP contribution in [0.1, 0.15) is 31.9 Å². The number of carboxylic acids is 1. The van der Waals surface area contributed by atoms with Gasteiger partial charge in [-0.1, -0.05) is 19.1 Å². The SMILES string of the molecule is CC1CC(C(=O)O)CN(C(=O)NC(C)c2cccc([N+](=O)[O-])c2)C1. The largest absolute Gasteiger partial charge is 0.481 e. The maximum atomic E-state index is 12.4. The number of urea groups is 1. The number of nitro benzene ring substituents is 1. The average Bonchev–Trinajstić information content (AvgIpc) is 2.54.